The number of halogens is 6. The van der Waals surface area contributed by atoms with E-state index in [0.29, 0.717) is 6.42 Å². The standard InChI is InChI=1S/C10H15F6NO/c1-3-8(2)5(17)4-6(8)18-7(9(11,12)13)10(14,15)16/h5-7H,3-4,17H2,1-2H3. The molecule has 2 N–H and O–H groups in total. The van der Waals surface area contributed by atoms with Gasteiger partial charge in [-0.25, -0.2) is 0 Å². The minimum atomic E-state index is -5.47. The van der Waals surface area contributed by atoms with Crippen molar-refractivity contribution in [3.63, 3.8) is 0 Å². The predicted octanol–water partition coefficient (Wildman–Crippen LogP) is 3.01. The number of alkyl halides is 6. The molecule has 0 aliphatic heterocycles. The Balaban J connectivity index is 2.82. The number of hydrogen-bond donors (Lipinski definition) is 1. The van der Waals surface area contributed by atoms with Crippen LogP contribution in [-0.2, 0) is 4.74 Å². The van der Waals surface area contributed by atoms with E-state index < -0.39 is 36.0 Å². The van der Waals surface area contributed by atoms with Crippen molar-refractivity contribution < 1.29 is 31.1 Å². The van der Waals surface area contributed by atoms with Gasteiger partial charge in [0.25, 0.3) is 0 Å². The summed E-state index contributed by atoms with van der Waals surface area (Å²) in [6.45, 7) is 3.20. The third-order valence-corrected chi connectivity index (χ3v) is 3.71. The zero-order valence-corrected chi connectivity index (χ0v) is 9.90. The van der Waals surface area contributed by atoms with E-state index in [2.05, 4.69) is 4.74 Å². The lowest BCUT2D eigenvalue weighted by atomic mass is 9.62. The fraction of sp³-hybridized carbons (Fsp3) is 1.00. The fourth-order valence-electron chi connectivity index (χ4n) is 2.05. The summed E-state index contributed by atoms with van der Waals surface area (Å²) < 4.78 is 78.1. The summed E-state index contributed by atoms with van der Waals surface area (Å²) in [4.78, 5) is 0. The van der Waals surface area contributed by atoms with Crippen molar-refractivity contribution in [2.75, 3.05) is 0 Å². The molecule has 108 valence electrons. The van der Waals surface area contributed by atoms with Crippen LogP contribution < -0.4 is 5.73 Å². The summed E-state index contributed by atoms with van der Waals surface area (Å²) in [5.41, 5.74) is 4.77. The molecule has 3 unspecified atom stereocenters. The smallest absolute Gasteiger partial charge is 0.357 e. The minimum Gasteiger partial charge on any atom is -0.357 e. The molecule has 1 fully saturated rings. The molecule has 18 heavy (non-hydrogen) atoms. The molecule has 1 rings (SSSR count). The molecule has 8 heteroatoms. The van der Waals surface area contributed by atoms with E-state index >= 15 is 0 Å². The number of nitrogens with two attached hydrogens (primary N) is 1. The number of ether oxygens (including phenoxy) is 1. The zero-order valence-electron chi connectivity index (χ0n) is 9.90. The van der Waals surface area contributed by atoms with Crippen LogP contribution in [0.15, 0.2) is 0 Å². The summed E-state index contributed by atoms with van der Waals surface area (Å²) in [6.07, 6.45) is -15.4. The van der Waals surface area contributed by atoms with Crippen LogP contribution in [-0.4, -0.2) is 30.6 Å². The normalized spacial score (nSPS) is 33.7. The topological polar surface area (TPSA) is 35.2 Å². The summed E-state index contributed by atoms with van der Waals surface area (Å²) in [7, 11) is 0. The summed E-state index contributed by atoms with van der Waals surface area (Å²) in [5, 5.41) is 0. The van der Waals surface area contributed by atoms with Crippen molar-refractivity contribution in [3.8, 4) is 0 Å². The van der Waals surface area contributed by atoms with E-state index in [4.69, 9.17) is 5.73 Å². The largest absolute Gasteiger partial charge is 0.423 e. The highest BCUT2D eigenvalue weighted by molar-refractivity contribution is 5.04. The van der Waals surface area contributed by atoms with Crippen molar-refractivity contribution in [2.45, 2.75) is 57.3 Å². The summed E-state index contributed by atoms with van der Waals surface area (Å²) in [5.74, 6) is 0. The van der Waals surface area contributed by atoms with E-state index in [0.717, 1.165) is 0 Å². The molecule has 0 heterocycles. The van der Waals surface area contributed by atoms with Gasteiger partial charge >= 0.3 is 12.4 Å². The first-order chi connectivity index (χ1) is 7.93. The van der Waals surface area contributed by atoms with Gasteiger partial charge in [0.15, 0.2) is 0 Å². The van der Waals surface area contributed by atoms with Gasteiger partial charge in [0.1, 0.15) is 0 Å². The molecule has 0 spiro atoms. The van der Waals surface area contributed by atoms with Gasteiger partial charge in [0.05, 0.1) is 6.10 Å². The second kappa shape index (κ2) is 4.56. The van der Waals surface area contributed by atoms with E-state index in [1.54, 1.807) is 6.92 Å². The van der Waals surface area contributed by atoms with E-state index in [-0.39, 0.29) is 6.42 Å². The molecule has 0 bridgehead atoms. The molecule has 0 saturated heterocycles. The summed E-state index contributed by atoms with van der Waals surface area (Å²) in [6, 6.07) is -0.436. The quantitative estimate of drug-likeness (QED) is 0.806. The van der Waals surface area contributed by atoms with Crippen LogP contribution >= 0.6 is 0 Å². The van der Waals surface area contributed by atoms with Crippen LogP contribution in [0.5, 0.6) is 0 Å². The Bertz CT molecular complexity index is 288. The average Bonchev–Trinajstić information content (AvgIpc) is 2.18. The molecular weight excluding hydrogens is 264 g/mol. The average molecular weight is 279 g/mol. The monoisotopic (exact) mass is 279 g/mol. The Hall–Kier alpha value is -0.500. The molecule has 0 aromatic heterocycles. The van der Waals surface area contributed by atoms with Gasteiger partial charge in [0, 0.05) is 11.5 Å². The lowest BCUT2D eigenvalue weighted by molar-refractivity contribution is -0.347. The van der Waals surface area contributed by atoms with Crippen LogP contribution in [0.1, 0.15) is 26.7 Å². The van der Waals surface area contributed by atoms with Gasteiger partial charge in [-0.15, -0.1) is 0 Å². The highest BCUT2D eigenvalue weighted by atomic mass is 19.4. The maximum absolute atomic E-state index is 12.3. The maximum atomic E-state index is 12.3. The maximum Gasteiger partial charge on any atom is 0.423 e. The molecule has 1 aliphatic rings. The van der Waals surface area contributed by atoms with Crippen molar-refractivity contribution >= 4 is 0 Å². The highest BCUT2D eigenvalue weighted by Gasteiger charge is 2.61. The molecule has 0 radical (unpaired) electrons. The molecule has 0 amide bonds. The zero-order chi connectivity index (χ0) is 14.4. The Morgan fingerprint density at radius 2 is 1.67 bits per heavy atom. The van der Waals surface area contributed by atoms with Crippen LogP contribution in [0, 0.1) is 5.41 Å². The highest BCUT2D eigenvalue weighted by Crippen LogP contribution is 2.48. The first-order valence-corrected chi connectivity index (χ1v) is 5.47. The van der Waals surface area contributed by atoms with Gasteiger partial charge in [-0.2, -0.15) is 26.3 Å². The van der Waals surface area contributed by atoms with Gasteiger partial charge in [-0.05, 0) is 12.8 Å². The lowest BCUT2D eigenvalue weighted by Gasteiger charge is -2.52. The Morgan fingerprint density at radius 1 is 1.22 bits per heavy atom. The van der Waals surface area contributed by atoms with Crippen LogP contribution in [0.25, 0.3) is 0 Å². The van der Waals surface area contributed by atoms with E-state index in [1.807, 2.05) is 0 Å². The lowest BCUT2D eigenvalue weighted by Crippen LogP contribution is -2.63. The minimum absolute atomic E-state index is 0.00694. The van der Waals surface area contributed by atoms with E-state index in [1.165, 1.54) is 6.92 Å². The van der Waals surface area contributed by atoms with Crippen LogP contribution in [0.4, 0.5) is 26.3 Å². The van der Waals surface area contributed by atoms with Gasteiger partial charge in [-0.1, -0.05) is 13.8 Å². The van der Waals surface area contributed by atoms with E-state index in [9.17, 15) is 26.3 Å². The van der Waals surface area contributed by atoms with Gasteiger partial charge in [-0.3, -0.25) is 0 Å². The molecular formula is C10H15F6NO. The number of hydrogen-bond acceptors (Lipinski definition) is 2. The van der Waals surface area contributed by atoms with Crippen molar-refractivity contribution in [3.05, 3.63) is 0 Å². The Kier molecular flexibility index (Phi) is 3.94. The molecule has 1 aliphatic carbocycles. The predicted molar refractivity (Wildman–Crippen MR) is 51.8 cm³/mol. The van der Waals surface area contributed by atoms with Gasteiger partial charge < -0.3 is 10.5 Å². The summed E-state index contributed by atoms with van der Waals surface area (Å²) >= 11 is 0. The van der Waals surface area contributed by atoms with Crippen LogP contribution in [0.2, 0.25) is 0 Å². The Morgan fingerprint density at radius 3 is 1.94 bits per heavy atom. The molecule has 1 saturated carbocycles. The number of rotatable bonds is 3. The van der Waals surface area contributed by atoms with Crippen LogP contribution in [0.3, 0.4) is 0 Å². The van der Waals surface area contributed by atoms with Crippen molar-refractivity contribution in [1.82, 2.24) is 0 Å². The molecule has 0 aromatic rings. The second-order valence-electron chi connectivity index (χ2n) is 4.79. The fourth-order valence-corrected chi connectivity index (χ4v) is 2.05. The molecule has 2 nitrogen and oxygen atoms in total. The second-order valence-corrected chi connectivity index (χ2v) is 4.79. The SMILES string of the molecule is CCC1(C)C(N)CC1OC(C(F)(F)F)C(F)(F)F. The third-order valence-electron chi connectivity index (χ3n) is 3.71. The molecule has 0 aromatic carbocycles. The Labute approximate surface area is 100 Å². The van der Waals surface area contributed by atoms with Crippen molar-refractivity contribution in [2.24, 2.45) is 11.1 Å². The third kappa shape index (κ3) is 2.74. The van der Waals surface area contributed by atoms with Gasteiger partial charge in [0.2, 0.25) is 6.10 Å². The molecule has 3 atom stereocenters. The van der Waals surface area contributed by atoms with Crippen molar-refractivity contribution in [1.29, 1.82) is 0 Å². The first kappa shape index (κ1) is 15.6. The first-order valence-electron chi connectivity index (χ1n) is 5.47.